The van der Waals surface area contributed by atoms with Gasteiger partial charge in [-0.25, -0.2) is 0 Å². The average Bonchev–Trinajstić information content (AvgIpc) is 2.46. The normalized spacial score (nSPS) is 18.4. The molecule has 0 aromatic heterocycles. The van der Waals surface area contributed by atoms with Crippen LogP contribution in [-0.4, -0.2) is 56.5 Å². The summed E-state index contributed by atoms with van der Waals surface area (Å²) in [6.45, 7) is 1.95. The molecule has 0 radical (unpaired) electrons. The van der Waals surface area contributed by atoms with Crippen molar-refractivity contribution in [3.05, 3.63) is 28.2 Å². The van der Waals surface area contributed by atoms with Crippen molar-refractivity contribution in [3.8, 4) is 0 Å². The van der Waals surface area contributed by atoms with Crippen LogP contribution in [-0.2, 0) is 4.79 Å². The van der Waals surface area contributed by atoms with Gasteiger partial charge >= 0.3 is 0 Å². The van der Waals surface area contributed by atoms with Gasteiger partial charge in [-0.3, -0.25) is 9.59 Å². The molecule has 1 atom stereocenters. The first-order valence-corrected chi connectivity index (χ1v) is 7.49. The largest absolute Gasteiger partial charge is 0.366 e. The van der Waals surface area contributed by atoms with Crippen molar-refractivity contribution in [2.75, 3.05) is 38.6 Å². The van der Waals surface area contributed by atoms with Crippen LogP contribution in [0.2, 0.25) is 0 Å². The van der Waals surface area contributed by atoms with E-state index in [-0.39, 0.29) is 11.9 Å². The summed E-state index contributed by atoms with van der Waals surface area (Å²) in [7, 11) is 3.46. The van der Waals surface area contributed by atoms with Crippen LogP contribution in [0.15, 0.2) is 22.7 Å². The quantitative estimate of drug-likeness (QED) is 0.824. The van der Waals surface area contributed by atoms with Crippen molar-refractivity contribution in [1.29, 1.82) is 0 Å². The number of carbonyl (C=O) groups is 2. The lowest BCUT2D eigenvalue weighted by Crippen LogP contribution is -2.58. The van der Waals surface area contributed by atoms with Crippen LogP contribution in [0.25, 0.3) is 0 Å². The van der Waals surface area contributed by atoms with Gasteiger partial charge in [0.2, 0.25) is 5.91 Å². The maximum Gasteiger partial charge on any atom is 0.250 e. The Hall–Kier alpha value is -1.60. The van der Waals surface area contributed by atoms with Crippen molar-refractivity contribution in [1.82, 2.24) is 10.2 Å². The Morgan fingerprint density at radius 2 is 2.14 bits per heavy atom. The van der Waals surface area contributed by atoms with Gasteiger partial charge in [-0.2, -0.15) is 0 Å². The van der Waals surface area contributed by atoms with Crippen molar-refractivity contribution in [2.45, 2.75) is 6.04 Å². The molecule has 2 rings (SSSR count). The van der Waals surface area contributed by atoms with Crippen molar-refractivity contribution in [3.63, 3.8) is 0 Å². The van der Waals surface area contributed by atoms with E-state index in [1.807, 2.05) is 17.0 Å². The summed E-state index contributed by atoms with van der Waals surface area (Å²) < 4.78 is 0.783. The molecule has 21 heavy (non-hydrogen) atoms. The molecule has 1 aromatic rings. The fourth-order valence-electron chi connectivity index (χ4n) is 2.47. The van der Waals surface area contributed by atoms with Crippen molar-refractivity contribution in [2.24, 2.45) is 5.73 Å². The van der Waals surface area contributed by atoms with Crippen LogP contribution >= 0.6 is 15.9 Å². The van der Waals surface area contributed by atoms with Crippen molar-refractivity contribution < 1.29 is 9.59 Å². The highest BCUT2D eigenvalue weighted by molar-refractivity contribution is 9.10. The first kappa shape index (κ1) is 15.8. The minimum absolute atomic E-state index is 0.000499. The zero-order chi connectivity index (χ0) is 15.6. The Kier molecular flexibility index (Phi) is 4.84. The summed E-state index contributed by atoms with van der Waals surface area (Å²) in [5.74, 6) is -0.499. The molecule has 6 nitrogen and oxygen atoms in total. The summed E-state index contributed by atoms with van der Waals surface area (Å²) in [4.78, 5) is 27.6. The van der Waals surface area contributed by atoms with Crippen LogP contribution in [0.3, 0.4) is 0 Å². The van der Waals surface area contributed by atoms with E-state index < -0.39 is 5.91 Å². The zero-order valence-electron chi connectivity index (χ0n) is 12.1. The van der Waals surface area contributed by atoms with Crippen LogP contribution in [0.5, 0.6) is 0 Å². The number of nitrogens with zero attached hydrogens (tertiary/aromatic N) is 2. The van der Waals surface area contributed by atoms with Crippen molar-refractivity contribution >= 4 is 33.4 Å². The number of nitrogens with one attached hydrogen (secondary N) is 1. The van der Waals surface area contributed by atoms with Gasteiger partial charge in [0.1, 0.15) is 6.04 Å². The number of carbonyl (C=O) groups excluding carboxylic acids is 2. The lowest BCUT2D eigenvalue weighted by atomic mass is 10.1. The number of halogens is 1. The molecule has 0 spiro atoms. The summed E-state index contributed by atoms with van der Waals surface area (Å²) in [5, 5.41) is 3.22. The second-order valence-electron chi connectivity index (χ2n) is 5.17. The predicted molar refractivity (Wildman–Crippen MR) is 85.4 cm³/mol. The molecule has 1 unspecified atom stereocenters. The van der Waals surface area contributed by atoms with E-state index in [2.05, 4.69) is 21.2 Å². The number of likely N-dealkylation sites (N-methyl/N-ethyl adjacent to an activating group) is 1. The van der Waals surface area contributed by atoms with Gasteiger partial charge in [0.15, 0.2) is 0 Å². The van der Waals surface area contributed by atoms with E-state index >= 15 is 0 Å². The number of hydrogen-bond acceptors (Lipinski definition) is 4. The number of nitrogens with two attached hydrogens (primary N) is 1. The Balaban J connectivity index is 2.42. The molecule has 0 aliphatic carbocycles. The SMILES string of the molecule is CN(C)C(=O)C1CNCCN1c1ccc(Br)cc1C(N)=O. The van der Waals surface area contributed by atoms with E-state index in [9.17, 15) is 9.59 Å². The molecule has 1 fully saturated rings. The fraction of sp³-hybridized carbons (Fsp3) is 0.429. The number of amides is 2. The van der Waals surface area contributed by atoms with Gasteiger partial charge in [-0.15, -0.1) is 0 Å². The third-order valence-electron chi connectivity index (χ3n) is 3.50. The van der Waals surface area contributed by atoms with E-state index in [0.29, 0.717) is 24.3 Å². The first-order chi connectivity index (χ1) is 9.91. The third kappa shape index (κ3) is 3.36. The molecule has 1 saturated heterocycles. The number of rotatable bonds is 3. The third-order valence-corrected chi connectivity index (χ3v) is 4.00. The zero-order valence-corrected chi connectivity index (χ0v) is 13.7. The summed E-state index contributed by atoms with van der Waals surface area (Å²) >= 11 is 3.34. The predicted octanol–water partition coefficient (Wildman–Crippen LogP) is 0.414. The van der Waals surface area contributed by atoms with E-state index in [1.54, 1.807) is 25.1 Å². The molecule has 3 N–H and O–H groups in total. The molecule has 0 bridgehead atoms. The average molecular weight is 355 g/mol. The number of piperazine rings is 1. The van der Waals surface area contributed by atoms with Crippen LogP contribution < -0.4 is 16.0 Å². The van der Waals surface area contributed by atoms with Gasteiger partial charge in [0.25, 0.3) is 5.91 Å². The summed E-state index contributed by atoms with van der Waals surface area (Å²) in [5.41, 5.74) is 6.59. The number of hydrogen-bond donors (Lipinski definition) is 2. The topological polar surface area (TPSA) is 78.7 Å². The first-order valence-electron chi connectivity index (χ1n) is 6.69. The molecule has 7 heteroatoms. The highest BCUT2D eigenvalue weighted by Gasteiger charge is 2.31. The van der Waals surface area contributed by atoms with Crippen LogP contribution in [0, 0.1) is 0 Å². The van der Waals surface area contributed by atoms with Crippen LogP contribution in [0.1, 0.15) is 10.4 Å². The molecule has 114 valence electrons. The molecule has 0 saturated carbocycles. The molecule has 1 aromatic carbocycles. The van der Waals surface area contributed by atoms with Gasteiger partial charge in [0.05, 0.1) is 11.3 Å². The Morgan fingerprint density at radius 3 is 2.76 bits per heavy atom. The van der Waals surface area contributed by atoms with Gasteiger partial charge < -0.3 is 20.9 Å². The Bertz CT molecular complexity index is 562. The van der Waals surface area contributed by atoms with Gasteiger partial charge in [0, 0.05) is 38.2 Å². The molecule has 2 amide bonds. The highest BCUT2D eigenvalue weighted by atomic mass is 79.9. The van der Waals surface area contributed by atoms with Gasteiger partial charge in [-0.05, 0) is 18.2 Å². The number of primary amides is 1. The Labute approximate surface area is 132 Å². The number of benzene rings is 1. The molecule has 1 aliphatic heterocycles. The maximum atomic E-state index is 12.3. The summed E-state index contributed by atoms with van der Waals surface area (Å²) in [6.07, 6.45) is 0. The monoisotopic (exact) mass is 354 g/mol. The molecule has 1 heterocycles. The fourth-order valence-corrected chi connectivity index (χ4v) is 2.83. The Morgan fingerprint density at radius 1 is 1.43 bits per heavy atom. The minimum atomic E-state index is -0.499. The summed E-state index contributed by atoms with van der Waals surface area (Å²) in [6, 6.07) is 5.02. The lowest BCUT2D eigenvalue weighted by molar-refractivity contribution is -0.130. The second-order valence-corrected chi connectivity index (χ2v) is 6.09. The molecular formula is C14H19BrN4O2. The number of anilines is 1. The smallest absolute Gasteiger partial charge is 0.250 e. The lowest BCUT2D eigenvalue weighted by Gasteiger charge is -2.38. The molecule has 1 aliphatic rings. The van der Waals surface area contributed by atoms with Gasteiger partial charge in [-0.1, -0.05) is 15.9 Å². The highest BCUT2D eigenvalue weighted by Crippen LogP contribution is 2.27. The minimum Gasteiger partial charge on any atom is -0.366 e. The van der Waals surface area contributed by atoms with Crippen LogP contribution in [0.4, 0.5) is 5.69 Å². The maximum absolute atomic E-state index is 12.3. The van der Waals surface area contributed by atoms with E-state index in [4.69, 9.17) is 5.73 Å². The second kappa shape index (κ2) is 6.44. The van der Waals surface area contributed by atoms with E-state index in [1.165, 1.54) is 0 Å². The standard InChI is InChI=1S/C14H19BrN4O2/c1-18(2)14(21)12-8-17-5-6-19(12)11-4-3-9(15)7-10(11)13(16)20/h3-4,7,12,17H,5-6,8H2,1-2H3,(H2,16,20). The van der Waals surface area contributed by atoms with E-state index in [0.717, 1.165) is 11.0 Å². The molecular weight excluding hydrogens is 336 g/mol.